The van der Waals surface area contributed by atoms with Crippen LogP contribution < -0.4 is 10.1 Å². The number of non-ortho nitro benzene ring substituents is 1. The molecule has 0 atom stereocenters. The lowest BCUT2D eigenvalue weighted by Crippen LogP contribution is -2.14. The molecule has 0 saturated heterocycles. The van der Waals surface area contributed by atoms with E-state index in [1.165, 1.54) is 49.6 Å². The summed E-state index contributed by atoms with van der Waals surface area (Å²) in [5.41, 5.74) is 0.0461. The van der Waals surface area contributed by atoms with Gasteiger partial charge in [-0.25, -0.2) is 0 Å². The highest BCUT2D eigenvalue weighted by molar-refractivity contribution is 6.10. The molecular formula is C22H16N4O7. The van der Waals surface area contributed by atoms with Crippen LogP contribution in [0, 0.1) is 38.5 Å². The molecule has 0 aliphatic heterocycles. The van der Waals surface area contributed by atoms with Crippen LogP contribution in [0.5, 0.6) is 5.75 Å². The van der Waals surface area contributed by atoms with Crippen molar-refractivity contribution in [1.82, 2.24) is 0 Å². The fraction of sp³-hybridized carbons (Fsp3) is 0.0909. The number of rotatable bonds is 7. The van der Waals surface area contributed by atoms with Gasteiger partial charge in [0.25, 0.3) is 17.3 Å². The van der Waals surface area contributed by atoms with Gasteiger partial charge in [-0.3, -0.25) is 25.0 Å². The van der Waals surface area contributed by atoms with E-state index in [-0.39, 0.29) is 34.2 Å². The number of methoxy groups -OCH3 is 1. The Morgan fingerprint density at radius 1 is 1.12 bits per heavy atom. The molecule has 3 rings (SSSR count). The maximum Gasteiger partial charge on any atom is 0.293 e. The Morgan fingerprint density at radius 2 is 1.88 bits per heavy atom. The van der Waals surface area contributed by atoms with Gasteiger partial charge in [-0.05, 0) is 36.8 Å². The molecule has 0 bridgehead atoms. The fourth-order valence-electron chi connectivity index (χ4n) is 2.96. The monoisotopic (exact) mass is 448 g/mol. The number of amides is 1. The van der Waals surface area contributed by atoms with Crippen LogP contribution in [0.1, 0.15) is 11.3 Å². The third-order valence-corrected chi connectivity index (χ3v) is 4.54. The zero-order valence-corrected chi connectivity index (χ0v) is 17.4. The Bertz CT molecular complexity index is 1330. The second-order valence-electron chi connectivity index (χ2n) is 6.75. The minimum absolute atomic E-state index is 0.0572. The number of hydrogen-bond acceptors (Lipinski definition) is 8. The van der Waals surface area contributed by atoms with E-state index < -0.39 is 15.8 Å². The Labute approximate surface area is 186 Å². The number of anilines is 1. The van der Waals surface area contributed by atoms with Gasteiger partial charge in [-0.2, -0.15) is 5.26 Å². The molecule has 0 radical (unpaired) electrons. The number of carbonyl (C=O) groups excluding carboxylic acids is 1. The molecule has 1 amide bonds. The van der Waals surface area contributed by atoms with Gasteiger partial charge < -0.3 is 14.5 Å². The van der Waals surface area contributed by atoms with Crippen LogP contribution in [0.2, 0.25) is 0 Å². The Kier molecular flexibility index (Phi) is 6.49. The van der Waals surface area contributed by atoms with Crippen molar-refractivity contribution in [3.8, 4) is 23.1 Å². The summed E-state index contributed by atoms with van der Waals surface area (Å²) in [6.45, 7) is 1.67. The second-order valence-corrected chi connectivity index (χ2v) is 6.75. The van der Waals surface area contributed by atoms with Crippen LogP contribution in [0.4, 0.5) is 17.1 Å². The molecule has 0 aliphatic rings. The Hall–Kier alpha value is -4.98. The average molecular weight is 448 g/mol. The van der Waals surface area contributed by atoms with E-state index in [0.717, 1.165) is 6.08 Å². The molecule has 1 heterocycles. The smallest absolute Gasteiger partial charge is 0.293 e. The van der Waals surface area contributed by atoms with Crippen LogP contribution in [0.3, 0.4) is 0 Å². The maximum absolute atomic E-state index is 12.5. The van der Waals surface area contributed by atoms with Crippen molar-refractivity contribution in [3.63, 3.8) is 0 Å². The largest absolute Gasteiger partial charge is 0.496 e. The lowest BCUT2D eigenvalue weighted by molar-refractivity contribution is -0.384. The summed E-state index contributed by atoms with van der Waals surface area (Å²) < 4.78 is 10.9. The van der Waals surface area contributed by atoms with Crippen LogP contribution in [0.15, 0.2) is 58.5 Å². The number of aryl methyl sites for hydroxylation is 1. The van der Waals surface area contributed by atoms with Crippen molar-refractivity contribution >= 4 is 29.0 Å². The van der Waals surface area contributed by atoms with Gasteiger partial charge in [0, 0.05) is 24.3 Å². The number of nitriles is 1. The highest BCUT2D eigenvalue weighted by atomic mass is 16.6. The summed E-state index contributed by atoms with van der Waals surface area (Å²) in [7, 11) is 1.40. The number of nitrogens with one attached hydrogen (secondary N) is 1. The summed E-state index contributed by atoms with van der Waals surface area (Å²) in [5, 5.41) is 34.1. The number of nitro benzene ring substituents is 2. The number of furan rings is 1. The highest BCUT2D eigenvalue weighted by Crippen LogP contribution is 2.35. The molecule has 0 fully saturated rings. The molecule has 0 unspecified atom stereocenters. The van der Waals surface area contributed by atoms with Crippen LogP contribution in [0.25, 0.3) is 17.4 Å². The first-order chi connectivity index (χ1) is 15.7. The minimum Gasteiger partial charge on any atom is -0.496 e. The molecule has 1 aromatic heterocycles. The molecule has 3 aromatic rings. The summed E-state index contributed by atoms with van der Waals surface area (Å²) in [5.74, 6) is -0.205. The van der Waals surface area contributed by atoms with Crippen molar-refractivity contribution in [2.45, 2.75) is 6.92 Å². The van der Waals surface area contributed by atoms with Gasteiger partial charge in [0.05, 0.1) is 22.5 Å². The van der Waals surface area contributed by atoms with Gasteiger partial charge >= 0.3 is 0 Å². The van der Waals surface area contributed by atoms with Crippen molar-refractivity contribution < 1.29 is 23.8 Å². The van der Waals surface area contributed by atoms with Gasteiger partial charge in [-0.1, -0.05) is 6.07 Å². The molecule has 0 saturated carbocycles. The minimum atomic E-state index is -0.865. The number of benzene rings is 2. The first kappa shape index (κ1) is 22.7. The molecule has 0 aliphatic carbocycles. The Balaban J connectivity index is 1.91. The van der Waals surface area contributed by atoms with E-state index in [0.29, 0.717) is 16.9 Å². The third kappa shape index (κ3) is 5.02. The molecule has 1 N–H and O–H groups in total. The number of hydrogen-bond donors (Lipinski definition) is 1. The van der Waals surface area contributed by atoms with Crippen LogP contribution in [-0.4, -0.2) is 22.9 Å². The molecule has 33 heavy (non-hydrogen) atoms. The predicted octanol–water partition coefficient (Wildman–Crippen LogP) is 4.63. The van der Waals surface area contributed by atoms with Crippen LogP contribution in [-0.2, 0) is 4.79 Å². The molecule has 11 nitrogen and oxygen atoms in total. The summed E-state index contributed by atoms with van der Waals surface area (Å²) >= 11 is 0. The highest BCUT2D eigenvalue weighted by Gasteiger charge is 2.19. The van der Waals surface area contributed by atoms with E-state index >= 15 is 0 Å². The quantitative estimate of drug-likeness (QED) is 0.237. The number of ether oxygens (including phenoxy) is 1. The summed E-state index contributed by atoms with van der Waals surface area (Å²) in [6.07, 6.45) is 1.16. The zero-order chi connectivity index (χ0) is 24.1. The lowest BCUT2D eigenvalue weighted by Gasteiger charge is -2.06. The van der Waals surface area contributed by atoms with E-state index in [4.69, 9.17) is 9.15 Å². The fourth-order valence-corrected chi connectivity index (χ4v) is 2.96. The normalized spacial score (nSPS) is 10.9. The van der Waals surface area contributed by atoms with E-state index in [1.54, 1.807) is 19.1 Å². The summed E-state index contributed by atoms with van der Waals surface area (Å²) in [6, 6.07) is 13.0. The Morgan fingerprint density at radius 3 is 2.52 bits per heavy atom. The maximum atomic E-state index is 12.5. The number of nitrogens with zero attached hydrogens (tertiary/aromatic N) is 3. The zero-order valence-electron chi connectivity index (χ0n) is 17.4. The summed E-state index contributed by atoms with van der Waals surface area (Å²) in [4.78, 5) is 33.7. The molecule has 166 valence electrons. The van der Waals surface area contributed by atoms with Crippen molar-refractivity contribution in [1.29, 1.82) is 5.26 Å². The first-order valence-corrected chi connectivity index (χ1v) is 9.34. The molecule has 2 aromatic carbocycles. The standard InChI is InChI=1S/C22H16N4O7/c1-13-3-6-18(19(9-13)26(30)31)24-22(27)14(12-23)10-16-5-8-21(33-16)17-11-15(25(28)29)4-7-20(17)32-2/h3-11H,1-2H3,(H,24,27)/b14-10+. The van der Waals surface area contributed by atoms with Crippen LogP contribution >= 0.6 is 0 Å². The molecule has 0 spiro atoms. The number of carbonyl (C=O) groups is 1. The average Bonchev–Trinajstić information content (AvgIpc) is 3.26. The van der Waals surface area contributed by atoms with Gasteiger partial charge in [-0.15, -0.1) is 0 Å². The SMILES string of the molecule is COc1ccc([N+](=O)[O-])cc1-c1ccc(/C=C(\C#N)C(=O)Nc2ccc(C)cc2[N+](=O)[O-])o1. The van der Waals surface area contributed by atoms with Gasteiger partial charge in [0.2, 0.25) is 0 Å². The first-order valence-electron chi connectivity index (χ1n) is 9.34. The van der Waals surface area contributed by atoms with E-state index in [9.17, 15) is 30.3 Å². The topological polar surface area (TPSA) is 162 Å². The number of nitro groups is 2. The lowest BCUT2D eigenvalue weighted by atomic mass is 10.1. The molecule has 11 heteroatoms. The van der Waals surface area contributed by atoms with Gasteiger partial charge in [0.15, 0.2) is 0 Å². The van der Waals surface area contributed by atoms with Crippen molar-refractivity contribution in [3.05, 3.63) is 85.7 Å². The predicted molar refractivity (Wildman–Crippen MR) is 117 cm³/mol. The van der Waals surface area contributed by atoms with Gasteiger partial charge in [0.1, 0.15) is 34.6 Å². The van der Waals surface area contributed by atoms with E-state index in [2.05, 4.69) is 5.32 Å². The van der Waals surface area contributed by atoms with Crippen molar-refractivity contribution in [2.75, 3.05) is 12.4 Å². The van der Waals surface area contributed by atoms with Crippen molar-refractivity contribution in [2.24, 2.45) is 0 Å². The second kappa shape index (κ2) is 9.44. The molecular weight excluding hydrogens is 432 g/mol. The third-order valence-electron chi connectivity index (χ3n) is 4.54. The van der Waals surface area contributed by atoms with E-state index in [1.807, 2.05) is 0 Å².